The topological polar surface area (TPSA) is 54.5 Å². The van der Waals surface area contributed by atoms with Crippen molar-refractivity contribution in [1.29, 1.82) is 0 Å². The maximum atomic E-state index is 12.5. The van der Waals surface area contributed by atoms with E-state index in [1.54, 1.807) is 6.20 Å². The van der Waals surface area contributed by atoms with Crippen LogP contribution in [0.15, 0.2) is 48.7 Å². The van der Waals surface area contributed by atoms with E-state index in [1.807, 2.05) is 49.5 Å². The van der Waals surface area contributed by atoms with E-state index in [4.69, 9.17) is 4.74 Å². The fourth-order valence-corrected chi connectivity index (χ4v) is 2.94. The number of anilines is 1. The molecule has 0 radical (unpaired) electrons. The SMILES string of the molecule is CN1CCCC[C@@H]1C(=O)Nc1cccc(OCc2ccccn2)c1. The molecule has 1 saturated heterocycles. The minimum absolute atomic E-state index is 0.0446. The number of pyridine rings is 1. The van der Waals surface area contributed by atoms with Crippen molar-refractivity contribution in [3.8, 4) is 5.75 Å². The molecule has 1 aromatic heterocycles. The first-order valence-corrected chi connectivity index (χ1v) is 8.36. The van der Waals surface area contributed by atoms with E-state index in [0.29, 0.717) is 6.61 Å². The molecule has 1 N–H and O–H groups in total. The van der Waals surface area contributed by atoms with Crippen LogP contribution in [0.1, 0.15) is 25.0 Å². The molecule has 126 valence electrons. The molecule has 0 unspecified atom stereocenters. The first kappa shape index (κ1) is 16.5. The van der Waals surface area contributed by atoms with Crippen LogP contribution < -0.4 is 10.1 Å². The lowest BCUT2D eigenvalue weighted by molar-refractivity contribution is -0.121. The first-order valence-electron chi connectivity index (χ1n) is 8.36. The molecule has 0 spiro atoms. The highest BCUT2D eigenvalue weighted by Gasteiger charge is 2.25. The summed E-state index contributed by atoms with van der Waals surface area (Å²) in [6, 6.07) is 13.2. The van der Waals surface area contributed by atoms with Crippen LogP contribution in [0.2, 0.25) is 0 Å². The van der Waals surface area contributed by atoms with Crippen molar-refractivity contribution in [2.75, 3.05) is 18.9 Å². The highest BCUT2D eigenvalue weighted by atomic mass is 16.5. The second-order valence-electron chi connectivity index (χ2n) is 6.12. The molecule has 0 saturated carbocycles. The average Bonchev–Trinajstić information content (AvgIpc) is 2.61. The van der Waals surface area contributed by atoms with E-state index in [9.17, 15) is 4.79 Å². The highest BCUT2D eigenvalue weighted by molar-refractivity contribution is 5.95. The lowest BCUT2D eigenvalue weighted by Crippen LogP contribution is -2.44. The van der Waals surface area contributed by atoms with Crippen molar-refractivity contribution in [2.45, 2.75) is 31.9 Å². The summed E-state index contributed by atoms with van der Waals surface area (Å²) in [6.07, 6.45) is 4.93. The minimum atomic E-state index is -0.0446. The van der Waals surface area contributed by atoms with Gasteiger partial charge >= 0.3 is 0 Å². The fourth-order valence-electron chi connectivity index (χ4n) is 2.94. The van der Waals surface area contributed by atoms with E-state index in [1.165, 1.54) is 0 Å². The Balaban J connectivity index is 1.59. The van der Waals surface area contributed by atoms with Gasteiger partial charge in [0.1, 0.15) is 12.4 Å². The molecule has 1 aromatic carbocycles. The monoisotopic (exact) mass is 325 g/mol. The molecule has 2 heterocycles. The zero-order valence-electron chi connectivity index (χ0n) is 13.9. The van der Waals surface area contributed by atoms with Crippen LogP contribution in [0, 0.1) is 0 Å². The molecule has 1 aliphatic rings. The van der Waals surface area contributed by atoms with E-state index >= 15 is 0 Å². The summed E-state index contributed by atoms with van der Waals surface area (Å²) in [5.41, 5.74) is 1.63. The van der Waals surface area contributed by atoms with Crippen LogP contribution in [-0.2, 0) is 11.4 Å². The van der Waals surface area contributed by atoms with Crippen LogP contribution in [0.3, 0.4) is 0 Å². The quantitative estimate of drug-likeness (QED) is 0.918. The van der Waals surface area contributed by atoms with Gasteiger partial charge in [0.25, 0.3) is 0 Å². The van der Waals surface area contributed by atoms with Gasteiger partial charge in [0.05, 0.1) is 11.7 Å². The number of piperidine rings is 1. The van der Waals surface area contributed by atoms with Gasteiger partial charge < -0.3 is 10.1 Å². The third kappa shape index (κ3) is 4.32. The molecule has 0 bridgehead atoms. The van der Waals surface area contributed by atoms with Crippen LogP contribution in [0.4, 0.5) is 5.69 Å². The van der Waals surface area contributed by atoms with E-state index < -0.39 is 0 Å². The molecule has 1 atom stereocenters. The van der Waals surface area contributed by atoms with Crippen molar-refractivity contribution in [3.05, 3.63) is 54.4 Å². The van der Waals surface area contributed by atoms with E-state index in [0.717, 1.165) is 42.9 Å². The van der Waals surface area contributed by atoms with Crippen molar-refractivity contribution in [3.63, 3.8) is 0 Å². The number of hydrogen-bond donors (Lipinski definition) is 1. The van der Waals surface area contributed by atoms with Gasteiger partial charge in [0, 0.05) is 18.0 Å². The number of aromatic nitrogens is 1. The predicted octanol–water partition coefficient (Wildman–Crippen LogP) is 3.08. The predicted molar refractivity (Wildman–Crippen MR) is 93.9 cm³/mol. The highest BCUT2D eigenvalue weighted by Crippen LogP contribution is 2.21. The van der Waals surface area contributed by atoms with Gasteiger partial charge in [-0.15, -0.1) is 0 Å². The number of amides is 1. The third-order valence-electron chi connectivity index (χ3n) is 4.29. The van der Waals surface area contributed by atoms with Crippen LogP contribution in [-0.4, -0.2) is 35.4 Å². The number of rotatable bonds is 5. The maximum absolute atomic E-state index is 12.5. The largest absolute Gasteiger partial charge is 0.487 e. The van der Waals surface area contributed by atoms with Crippen molar-refractivity contribution in [1.82, 2.24) is 9.88 Å². The Morgan fingerprint density at radius 3 is 3.00 bits per heavy atom. The molecule has 0 aliphatic carbocycles. The van der Waals surface area contributed by atoms with Gasteiger partial charge in [-0.25, -0.2) is 0 Å². The number of carbonyl (C=O) groups excluding carboxylic acids is 1. The number of likely N-dealkylation sites (tertiary alicyclic amines) is 1. The lowest BCUT2D eigenvalue weighted by Gasteiger charge is -2.31. The molecule has 1 fully saturated rings. The normalized spacial score (nSPS) is 18.1. The van der Waals surface area contributed by atoms with Crippen molar-refractivity contribution in [2.24, 2.45) is 0 Å². The van der Waals surface area contributed by atoms with Crippen LogP contribution >= 0.6 is 0 Å². The Morgan fingerprint density at radius 2 is 2.21 bits per heavy atom. The zero-order chi connectivity index (χ0) is 16.8. The smallest absolute Gasteiger partial charge is 0.241 e. The summed E-state index contributed by atoms with van der Waals surface area (Å²) in [5.74, 6) is 0.773. The minimum Gasteiger partial charge on any atom is -0.487 e. The number of benzene rings is 1. The van der Waals surface area contributed by atoms with Gasteiger partial charge in [-0.1, -0.05) is 18.6 Å². The molecule has 1 amide bonds. The van der Waals surface area contributed by atoms with Crippen LogP contribution in [0.5, 0.6) is 5.75 Å². The Hall–Kier alpha value is -2.40. The number of carbonyl (C=O) groups is 1. The van der Waals surface area contributed by atoms with Gasteiger partial charge in [-0.05, 0) is 50.7 Å². The zero-order valence-corrected chi connectivity index (χ0v) is 13.9. The molecular formula is C19H23N3O2. The molecule has 24 heavy (non-hydrogen) atoms. The summed E-state index contributed by atoms with van der Waals surface area (Å²) in [6.45, 7) is 1.38. The Kier molecular flexibility index (Phi) is 5.43. The van der Waals surface area contributed by atoms with Gasteiger partial charge in [-0.3, -0.25) is 14.7 Å². The second kappa shape index (κ2) is 7.93. The average molecular weight is 325 g/mol. The number of ether oxygens (including phenoxy) is 1. The summed E-state index contributed by atoms with van der Waals surface area (Å²) in [7, 11) is 2.01. The summed E-state index contributed by atoms with van der Waals surface area (Å²) >= 11 is 0. The Morgan fingerprint density at radius 1 is 1.29 bits per heavy atom. The first-order chi connectivity index (χ1) is 11.7. The lowest BCUT2D eigenvalue weighted by atomic mass is 10.0. The van der Waals surface area contributed by atoms with Gasteiger partial charge in [0.15, 0.2) is 0 Å². The number of nitrogens with one attached hydrogen (secondary N) is 1. The standard InChI is InChI=1S/C19H23N3O2/c1-22-12-5-3-10-18(22)19(23)21-15-8-6-9-17(13-15)24-14-16-7-2-4-11-20-16/h2,4,6-9,11,13,18H,3,5,10,12,14H2,1H3,(H,21,23)/t18-/m1/s1. The summed E-state index contributed by atoms with van der Waals surface area (Å²) in [4.78, 5) is 18.8. The molecule has 5 nitrogen and oxygen atoms in total. The Bertz CT molecular complexity index is 675. The van der Waals surface area contributed by atoms with Gasteiger partial charge in [0.2, 0.25) is 5.91 Å². The van der Waals surface area contributed by atoms with E-state index in [2.05, 4.69) is 15.2 Å². The van der Waals surface area contributed by atoms with Crippen molar-refractivity contribution < 1.29 is 9.53 Å². The number of hydrogen-bond acceptors (Lipinski definition) is 4. The van der Waals surface area contributed by atoms with Crippen LogP contribution in [0.25, 0.3) is 0 Å². The number of likely N-dealkylation sites (N-methyl/N-ethyl adjacent to an activating group) is 1. The third-order valence-corrected chi connectivity index (χ3v) is 4.29. The van der Waals surface area contributed by atoms with Crippen molar-refractivity contribution >= 4 is 11.6 Å². The fraction of sp³-hybridized carbons (Fsp3) is 0.368. The molecule has 2 aromatic rings. The molecular weight excluding hydrogens is 302 g/mol. The number of nitrogens with zero attached hydrogens (tertiary/aromatic N) is 2. The molecule has 1 aliphatic heterocycles. The second-order valence-corrected chi connectivity index (χ2v) is 6.12. The summed E-state index contributed by atoms with van der Waals surface area (Å²) < 4.78 is 5.76. The van der Waals surface area contributed by atoms with Gasteiger partial charge in [-0.2, -0.15) is 0 Å². The molecule has 5 heteroatoms. The molecule has 3 rings (SSSR count). The maximum Gasteiger partial charge on any atom is 0.241 e. The van der Waals surface area contributed by atoms with E-state index in [-0.39, 0.29) is 11.9 Å². The Labute approximate surface area is 142 Å². The summed E-state index contributed by atoms with van der Waals surface area (Å²) in [5, 5.41) is 3.00.